The number of rotatable bonds is 3. The Bertz CT molecular complexity index is 561. The normalized spacial score (nSPS) is 21.6. The van der Waals surface area contributed by atoms with E-state index in [1.807, 2.05) is 24.3 Å². The minimum atomic E-state index is -0.127. The molecule has 2 atom stereocenters. The number of nitrogens with zero attached hydrogens (tertiary/aromatic N) is 1. The van der Waals surface area contributed by atoms with Crippen LogP contribution in [0.2, 0.25) is 0 Å². The molecule has 0 aliphatic heterocycles. The fourth-order valence-electron chi connectivity index (χ4n) is 2.12. The van der Waals surface area contributed by atoms with E-state index < -0.39 is 0 Å². The van der Waals surface area contributed by atoms with E-state index in [4.69, 9.17) is 0 Å². The molecule has 0 saturated heterocycles. The van der Waals surface area contributed by atoms with Crippen LogP contribution < -0.4 is 5.32 Å². The molecule has 0 bridgehead atoms. The predicted octanol–water partition coefficient (Wildman–Crippen LogP) is 2.79. The van der Waals surface area contributed by atoms with Gasteiger partial charge in [-0.25, -0.2) is 0 Å². The number of amides is 1. The SMILES string of the molecule is CC1CC1c1cc(NC(=O)c2ccccc2)n[nH]1. The largest absolute Gasteiger partial charge is 0.305 e. The summed E-state index contributed by atoms with van der Waals surface area (Å²) in [5, 5.41) is 9.91. The molecule has 1 heterocycles. The van der Waals surface area contributed by atoms with Crippen LogP contribution in [0.1, 0.15) is 35.3 Å². The van der Waals surface area contributed by atoms with Crippen LogP contribution in [0.5, 0.6) is 0 Å². The molecule has 0 radical (unpaired) electrons. The van der Waals surface area contributed by atoms with Crippen LogP contribution in [0.3, 0.4) is 0 Å². The van der Waals surface area contributed by atoms with Gasteiger partial charge in [0.15, 0.2) is 5.82 Å². The highest BCUT2D eigenvalue weighted by molar-refractivity contribution is 6.03. The van der Waals surface area contributed by atoms with Crippen molar-refractivity contribution in [2.45, 2.75) is 19.3 Å². The maximum Gasteiger partial charge on any atom is 0.256 e. The first-order valence-electron chi connectivity index (χ1n) is 6.16. The van der Waals surface area contributed by atoms with Crippen LogP contribution >= 0.6 is 0 Å². The van der Waals surface area contributed by atoms with Crippen molar-refractivity contribution in [2.24, 2.45) is 5.92 Å². The topological polar surface area (TPSA) is 57.8 Å². The molecule has 18 heavy (non-hydrogen) atoms. The van der Waals surface area contributed by atoms with Crippen molar-refractivity contribution in [1.82, 2.24) is 10.2 Å². The molecule has 1 fully saturated rings. The number of aromatic amines is 1. The van der Waals surface area contributed by atoms with E-state index in [0.29, 0.717) is 17.3 Å². The Balaban J connectivity index is 1.69. The smallest absolute Gasteiger partial charge is 0.256 e. The second-order valence-corrected chi connectivity index (χ2v) is 4.85. The standard InChI is InChI=1S/C14H15N3O/c1-9-7-11(9)12-8-13(17-16-12)15-14(18)10-5-3-2-4-6-10/h2-6,8-9,11H,7H2,1H3,(H2,15,16,17,18). The number of carbonyl (C=O) groups is 1. The summed E-state index contributed by atoms with van der Waals surface area (Å²) >= 11 is 0. The van der Waals surface area contributed by atoms with Crippen molar-refractivity contribution in [2.75, 3.05) is 5.32 Å². The van der Waals surface area contributed by atoms with Crippen molar-refractivity contribution in [3.8, 4) is 0 Å². The van der Waals surface area contributed by atoms with Gasteiger partial charge in [0.05, 0.1) is 0 Å². The second kappa shape index (κ2) is 4.29. The van der Waals surface area contributed by atoms with Crippen molar-refractivity contribution < 1.29 is 4.79 Å². The number of hydrogen-bond acceptors (Lipinski definition) is 2. The number of hydrogen-bond donors (Lipinski definition) is 2. The highest BCUT2D eigenvalue weighted by Gasteiger charge is 2.35. The molecule has 2 N–H and O–H groups in total. The molecular weight excluding hydrogens is 226 g/mol. The monoisotopic (exact) mass is 241 g/mol. The van der Waals surface area contributed by atoms with E-state index in [9.17, 15) is 4.79 Å². The molecule has 3 rings (SSSR count). The third-order valence-corrected chi connectivity index (χ3v) is 3.38. The van der Waals surface area contributed by atoms with Gasteiger partial charge in [-0.05, 0) is 24.5 Å². The zero-order valence-corrected chi connectivity index (χ0v) is 10.2. The quantitative estimate of drug-likeness (QED) is 0.868. The number of H-pyrrole nitrogens is 1. The van der Waals surface area contributed by atoms with Crippen molar-refractivity contribution in [3.05, 3.63) is 47.7 Å². The van der Waals surface area contributed by atoms with Crippen molar-refractivity contribution in [3.63, 3.8) is 0 Å². The Labute approximate surface area is 105 Å². The summed E-state index contributed by atoms with van der Waals surface area (Å²) in [5.41, 5.74) is 1.76. The number of anilines is 1. The third kappa shape index (κ3) is 2.14. The summed E-state index contributed by atoms with van der Waals surface area (Å²) in [5.74, 6) is 1.78. The molecule has 4 nitrogen and oxygen atoms in total. The Morgan fingerprint density at radius 3 is 2.78 bits per heavy atom. The lowest BCUT2D eigenvalue weighted by molar-refractivity contribution is 0.102. The van der Waals surface area contributed by atoms with Gasteiger partial charge in [-0.1, -0.05) is 25.1 Å². The predicted molar refractivity (Wildman–Crippen MR) is 69.5 cm³/mol. The Hall–Kier alpha value is -2.10. The fraction of sp³-hybridized carbons (Fsp3) is 0.286. The minimum Gasteiger partial charge on any atom is -0.305 e. The van der Waals surface area contributed by atoms with Gasteiger partial charge in [0, 0.05) is 23.2 Å². The molecule has 0 spiro atoms. The Morgan fingerprint density at radius 2 is 2.11 bits per heavy atom. The lowest BCUT2D eigenvalue weighted by atomic mass is 10.2. The Morgan fingerprint density at radius 1 is 1.39 bits per heavy atom. The lowest BCUT2D eigenvalue weighted by Crippen LogP contribution is -2.11. The molecule has 1 saturated carbocycles. The molecule has 1 aliphatic carbocycles. The van der Waals surface area contributed by atoms with E-state index in [1.165, 1.54) is 6.42 Å². The van der Waals surface area contributed by atoms with E-state index in [-0.39, 0.29) is 5.91 Å². The summed E-state index contributed by atoms with van der Waals surface area (Å²) in [6, 6.07) is 11.1. The molecule has 1 aromatic heterocycles. The molecule has 4 heteroatoms. The first-order chi connectivity index (χ1) is 8.74. The first kappa shape index (κ1) is 11.0. The molecule has 1 aliphatic rings. The number of carbonyl (C=O) groups excluding carboxylic acids is 1. The molecule has 1 amide bonds. The lowest BCUT2D eigenvalue weighted by Gasteiger charge is -2.00. The van der Waals surface area contributed by atoms with Crippen LogP contribution in [0.15, 0.2) is 36.4 Å². The zero-order chi connectivity index (χ0) is 12.5. The van der Waals surface area contributed by atoms with Gasteiger partial charge >= 0.3 is 0 Å². The van der Waals surface area contributed by atoms with E-state index in [2.05, 4.69) is 22.4 Å². The van der Waals surface area contributed by atoms with Gasteiger partial charge in [-0.15, -0.1) is 0 Å². The third-order valence-electron chi connectivity index (χ3n) is 3.38. The molecule has 2 unspecified atom stereocenters. The fourth-order valence-corrected chi connectivity index (χ4v) is 2.12. The van der Waals surface area contributed by atoms with Gasteiger partial charge in [-0.2, -0.15) is 5.10 Å². The van der Waals surface area contributed by atoms with Crippen LogP contribution in [0.25, 0.3) is 0 Å². The maximum atomic E-state index is 11.9. The van der Waals surface area contributed by atoms with Gasteiger partial charge in [0.2, 0.25) is 0 Å². The molecular formula is C14H15N3O. The van der Waals surface area contributed by atoms with E-state index >= 15 is 0 Å². The zero-order valence-electron chi connectivity index (χ0n) is 10.2. The van der Waals surface area contributed by atoms with Crippen LogP contribution in [0, 0.1) is 5.92 Å². The van der Waals surface area contributed by atoms with Gasteiger partial charge in [0.25, 0.3) is 5.91 Å². The van der Waals surface area contributed by atoms with Crippen LogP contribution in [-0.4, -0.2) is 16.1 Å². The highest BCUT2D eigenvalue weighted by Crippen LogP contribution is 2.46. The molecule has 2 aromatic rings. The minimum absolute atomic E-state index is 0.127. The summed E-state index contributed by atoms with van der Waals surface area (Å²) in [6.07, 6.45) is 1.20. The highest BCUT2D eigenvalue weighted by atomic mass is 16.1. The Kier molecular flexibility index (Phi) is 2.63. The summed E-state index contributed by atoms with van der Waals surface area (Å²) in [6.45, 7) is 2.22. The van der Waals surface area contributed by atoms with Gasteiger partial charge in [0.1, 0.15) is 0 Å². The average molecular weight is 241 g/mol. The molecule has 1 aromatic carbocycles. The van der Waals surface area contributed by atoms with Crippen LogP contribution in [0.4, 0.5) is 5.82 Å². The van der Waals surface area contributed by atoms with E-state index in [0.717, 1.165) is 11.6 Å². The van der Waals surface area contributed by atoms with Crippen molar-refractivity contribution >= 4 is 11.7 Å². The summed E-state index contributed by atoms with van der Waals surface area (Å²) < 4.78 is 0. The van der Waals surface area contributed by atoms with Gasteiger partial charge < -0.3 is 5.32 Å². The second-order valence-electron chi connectivity index (χ2n) is 4.85. The number of nitrogens with one attached hydrogen (secondary N) is 2. The summed E-state index contributed by atoms with van der Waals surface area (Å²) in [7, 11) is 0. The molecule has 92 valence electrons. The van der Waals surface area contributed by atoms with Gasteiger partial charge in [-0.3, -0.25) is 9.89 Å². The number of benzene rings is 1. The number of aromatic nitrogens is 2. The maximum absolute atomic E-state index is 11.9. The van der Waals surface area contributed by atoms with E-state index in [1.54, 1.807) is 12.1 Å². The average Bonchev–Trinajstić information content (AvgIpc) is 2.94. The van der Waals surface area contributed by atoms with Crippen LogP contribution in [-0.2, 0) is 0 Å². The summed E-state index contributed by atoms with van der Waals surface area (Å²) in [4.78, 5) is 11.9. The van der Waals surface area contributed by atoms with Crippen molar-refractivity contribution in [1.29, 1.82) is 0 Å². The first-order valence-corrected chi connectivity index (χ1v) is 6.16.